The van der Waals surface area contributed by atoms with E-state index >= 15 is 0 Å². The first-order valence-corrected chi connectivity index (χ1v) is 9.60. The maximum atomic E-state index is 12.1. The Morgan fingerprint density at radius 2 is 1.54 bits per heavy atom. The molecule has 156 valence electrons. The van der Waals surface area contributed by atoms with Crippen LogP contribution in [0.4, 0.5) is 4.79 Å². The van der Waals surface area contributed by atoms with Crippen molar-refractivity contribution in [2.24, 2.45) is 17.1 Å². The molecule has 0 rings (SSSR count). The molecule has 0 aromatic heterocycles. The zero-order valence-corrected chi connectivity index (χ0v) is 18.1. The zero-order valence-electron chi connectivity index (χ0n) is 18.1. The molecule has 0 aromatic rings. The summed E-state index contributed by atoms with van der Waals surface area (Å²) in [6, 6.07) is 0. The topological polar surface area (TPSA) is 80.0 Å². The first-order chi connectivity index (χ1) is 11.8. The Hall–Kier alpha value is -0.850. The molecule has 1 atom stereocenters. The predicted molar refractivity (Wildman–Crippen MR) is 104 cm³/mol. The molecule has 0 amide bonds. The minimum atomic E-state index is -0.641. The van der Waals surface area contributed by atoms with Gasteiger partial charge in [-0.2, -0.15) is 0 Å². The van der Waals surface area contributed by atoms with Crippen molar-refractivity contribution < 1.29 is 23.7 Å². The van der Waals surface area contributed by atoms with Gasteiger partial charge in [0.2, 0.25) is 0 Å². The van der Waals surface area contributed by atoms with E-state index in [-0.39, 0.29) is 23.5 Å². The van der Waals surface area contributed by atoms with Crippen molar-refractivity contribution in [1.29, 1.82) is 0 Å². The number of carbonyl (C=O) groups excluding carboxylic acids is 1. The van der Waals surface area contributed by atoms with Gasteiger partial charge in [0.05, 0.1) is 18.8 Å². The van der Waals surface area contributed by atoms with Gasteiger partial charge in [-0.05, 0) is 52.9 Å². The fourth-order valence-electron chi connectivity index (χ4n) is 2.40. The van der Waals surface area contributed by atoms with Crippen molar-refractivity contribution in [2.75, 3.05) is 33.0 Å². The SMILES string of the molecule is CCOC(C)(C)CCC(C)(C)OC(=O)OCC(COCCN)C(C)(C)C. The molecule has 0 fully saturated rings. The fraction of sp³-hybridized carbons (Fsp3) is 0.950. The standard InChI is InChI=1S/C20H41NO5/c1-9-25-19(5,6)10-11-20(7,8)26-17(22)24-15-16(18(2,3)4)14-23-13-12-21/h16H,9-15,21H2,1-8H3. The van der Waals surface area contributed by atoms with Crippen molar-refractivity contribution in [1.82, 2.24) is 0 Å². The van der Waals surface area contributed by atoms with Crippen molar-refractivity contribution in [3.63, 3.8) is 0 Å². The molecule has 0 saturated heterocycles. The molecule has 2 N–H and O–H groups in total. The van der Waals surface area contributed by atoms with E-state index in [9.17, 15) is 4.79 Å². The molecule has 0 aliphatic carbocycles. The summed E-state index contributed by atoms with van der Waals surface area (Å²) >= 11 is 0. The smallest absolute Gasteiger partial charge is 0.434 e. The highest BCUT2D eigenvalue weighted by Crippen LogP contribution is 2.28. The van der Waals surface area contributed by atoms with Gasteiger partial charge in [-0.15, -0.1) is 0 Å². The molecule has 0 aliphatic heterocycles. The average molecular weight is 376 g/mol. The summed E-state index contributed by atoms with van der Waals surface area (Å²) in [5, 5.41) is 0. The highest BCUT2D eigenvalue weighted by atomic mass is 16.7. The molecule has 6 nitrogen and oxygen atoms in total. The minimum Gasteiger partial charge on any atom is -0.434 e. The van der Waals surface area contributed by atoms with Gasteiger partial charge >= 0.3 is 6.16 Å². The van der Waals surface area contributed by atoms with Crippen molar-refractivity contribution in [3.8, 4) is 0 Å². The van der Waals surface area contributed by atoms with Crippen molar-refractivity contribution >= 4 is 6.16 Å². The molecular weight excluding hydrogens is 334 g/mol. The third-order valence-electron chi connectivity index (χ3n) is 4.43. The van der Waals surface area contributed by atoms with Gasteiger partial charge in [0.1, 0.15) is 12.2 Å². The minimum absolute atomic E-state index is 0.0497. The maximum Gasteiger partial charge on any atom is 0.508 e. The largest absolute Gasteiger partial charge is 0.508 e. The second-order valence-corrected chi connectivity index (χ2v) is 9.04. The number of hydrogen-bond donors (Lipinski definition) is 1. The van der Waals surface area contributed by atoms with Crippen LogP contribution in [0.5, 0.6) is 0 Å². The Morgan fingerprint density at radius 3 is 2.04 bits per heavy atom. The summed E-state index contributed by atoms with van der Waals surface area (Å²) in [5.74, 6) is 0.0709. The van der Waals surface area contributed by atoms with Gasteiger partial charge in [-0.3, -0.25) is 0 Å². The van der Waals surface area contributed by atoms with Gasteiger partial charge in [-0.1, -0.05) is 20.8 Å². The van der Waals surface area contributed by atoms with E-state index in [1.54, 1.807) is 0 Å². The van der Waals surface area contributed by atoms with E-state index in [4.69, 9.17) is 24.7 Å². The first-order valence-electron chi connectivity index (χ1n) is 9.60. The van der Waals surface area contributed by atoms with Crippen LogP contribution in [-0.2, 0) is 18.9 Å². The summed E-state index contributed by atoms with van der Waals surface area (Å²) < 4.78 is 22.1. The highest BCUT2D eigenvalue weighted by Gasteiger charge is 2.30. The second-order valence-electron chi connectivity index (χ2n) is 9.04. The molecule has 0 bridgehead atoms. The van der Waals surface area contributed by atoms with E-state index in [0.717, 1.165) is 6.42 Å². The van der Waals surface area contributed by atoms with E-state index < -0.39 is 11.8 Å². The van der Waals surface area contributed by atoms with Crippen LogP contribution in [0.3, 0.4) is 0 Å². The van der Waals surface area contributed by atoms with Crippen molar-refractivity contribution in [3.05, 3.63) is 0 Å². The zero-order chi connectivity index (χ0) is 20.4. The van der Waals surface area contributed by atoms with Gasteiger partial charge < -0.3 is 24.7 Å². The average Bonchev–Trinajstić information content (AvgIpc) is 2.47. The normalized spacial score (nSPS) is 14.2. The molecule has 0 saturated carbocycles. The van der Waals surface area contributed by atoms with Crippen LogP contribution in [0.25, 0.3) is 0 Å². The summed E-state index contributed by atoms with van der Waals surface area (Å²) in [7, 11) is 0. The van der Waals surface area contributed by atoms with Crippen LogP contribution in [0.15, 0.2) is 0 Å². The summed E-state index contributed by atoms with van der Waals surface area (Å²) in [4.78, 5) is 12.1. The number of rotatable bonds is 12. The Bertz CT molecular complexity index is 401. The highest BCUT2D eigenvalue weighted by molar-refractivity contribution is 5.60. The van der Waals surface area contributed by atoms with Crippen LogP contribution in [0.2, 0.25) is 0 Å². The molecular formula is C20H41NO5. The Morgan fingerprint density at radius 1 is 0.962 bits per heavy atom. The fourth-order valence-corrected chi connectivity index (χ4v) is 2.40. The lowest BCUT2D eigenvalue weighted by atomic mass is 9.82. The van der Waals surface area contributed by atoms with E-state index in [0.29, 0.717) is 32.8 Å². The van der Waals surface area contributed by atoms with E-state index in [1.165, 1.54) is 0 Å². The molecule has 0 spiro atoms. The predicted octanol–water partition coefficient (Wildman–Crippen LogP) is 4.15. The van der Waals surface area contributed by atoms with Crippen molar-refractivity contribution in [2.45, 2.75) is 79.4 Å². The lowest BCUT2D eigenvalue weighted by molar-refractivity contribution is -0.0618. The summed E-state index contributed by atoms with van der Waals surface area (Å²) in [6.07, 6.45) is 0.841. The lowest BCUT2D eigenvalue weighted by Crippen LogP contribution is -2.35. The quantitative estimate of drug-likeness (QED) is 0.408. The Kier molecular flexibility index (Phi) is 10.7. The van der Waals surface area contributed by atoms with Gasteiger partial charge in [0, 0.05) is 19.1 Å². The molecule has 0 aliphatic rings. The van der Waals surface area contributed by atoms with Gasteiger partial charge in [0.25, 0.3) is 0 Å². The first kappa shape index (κ1) is 25.1. The molecule has 1 unspecified atom stereocenters. The maximum absolute atomic E-state index is 12.1. The van der Waals surface area contributed by atoms with Crippen LogP contribution in [0.1, 0.15) is 68.2 Å². The Labute approximate surface area is 160 Å². The molecule has 0 heterocycles. The van der Waals surface area contributed by atoms with Gasteiger partial charge in [0.15, 0.2) is 0 Å². The van der Waals surface area contributed by atoms with Crippen LogP contribution in [-0.4, -0.2) is 50.3 Å². The van der Waals surface area contributed by atoms with Crippen LogP contribution < -0.4 is 5.73 Å². The van der Waals surface area contributed by atoms with Crippen LogP contribution in [0, 0.1) is 11.3 Å². The third kappa shape index (κ3) is 11.7. The van der Waals surface area contributed by atoms with Crippen LogP contribution >= 0.6 is 0 Å². The van der Waals surface area contributed by atoms with Gasteiger partial charge in [-0.25, -0.2) is 4.79 Å². The number of hydrogen-bond acceptors (Lipinski definition) is 6. The Balaban J connectivity index is 4.46. The lowest BCUT2D eigenvalue weighted by Gasteiger charge is -2.32. The molecule has 0 aromatic carbocycles. The molecule has 6 heteroatoms. The number of ether oxygens (including phenoxy) is 4. The summed E-state index contributed by atoms with van der Waals surface area (Å²) in [6.45, 7) is 18.5. The van der Waals surface area contributed by atoms with E-state index in [1.807, 2.05) is 34.6 Å². The summed E-state index contributed by atoms with van der Waals surface area (Å²) in [5.41, 5.74) is 4.55. The second kappa shape index (κ2) is 11.1. The number of nitrogens with two attached hydrogens (primary N) is 1. The number of carbonyl (C=O) groups is 1. The molecule has 26 heavy (non-hydrogen) atoms. The van der Waals surface area contributed by atoms with E-state index in [2.05, 4.69) is 20.8 Å². The molecule has 0 radical (unpaired) electrons. The third-order valence-corrected chi connectivity index (χ3v) is 4.43. The monoisotopic (exact) mass is 375 g/mol.